The molecule has 2 amide bonds. The van der Waals surface area contributed by atoms with Gasteiger partial charge in [0, 0.05) is 24.0 Å². The van der Waals surface area contributed by atoms with Crippen LogP contribution in [0.1, 0.15) is 42.9 Å². The Balaban J connectivity index is 1.45. The van der Waals surface area contributed by atoms with Crippen LogP contribution in [0.4, 0.5) is 0 Å². The molecule has 6 unspecified atom stereocenters. The van der Waals surface area contributed by atoms with Gasteiger partial charge in [-0.05, 0) is 60.1 Å². The second-order valence-corrected chi connectivity index (χ2v) is 13.0. The highest BCUT2D eigenvalue weighted by molar-refractivity contribution is 6.31. The SMILES string of the molecule is CCCN1C(=O)C2CC=C3C(CC4C(=O)C(c5ccccc5)=CC(=O)C4(c4ccccc4)C3C=Cc3ccc(O)c(OC)c3)C2C1=O. The number of phenolic OH excluding ortho intramolecular Hbond substituents is 1. The molecule has 7 heteroatoms. The van der Waals surface area contributed by atoms with Crippen LogP contribution in [0.3, 0.4) is 0 Å². The fourth-order valence-corrected chi connectivity index (χ4v) is 8.64. The number of phenols is 1. The predicted octanol–water partition coefficient (Wildman–Crippen LogP) is 6.18. The number of Topliss-reactive ketones (excluding diaryl/α,β-unsaturated/α-hetero) is 1. The van der Waals surface area contributed by atoms with E-state index in [4.69, 9.17) is 4.74 Å². The Morgan fingerprint density at radius 2 is 1.66 bits per heavy atom. The molecule has 0 bridgehead atoms. The minimum atomic E-state index is -1.27. The van der Waals surface area contributed by atoms with Crippen LogP contribution in [-0.4, -0.2) is 47.0 Å². The third kappa shape index (κ3) is 4.70. The molecule has 1 heterocycles. The fraction of sp³-hybridized carbons (Fsp3) is 0.300. The van der Waals surface area contributed by atoms with Gasteiger partial charge in [-0.1, -0.05) is 97.5 Å². The third-order valence-corrected chi connectivity index (χ3v) is 10.7. The molecule has 2 fully saturated rings. The first-order valence-corrected chi connectivity index (χ1v) is 16.3. The molecule has 1 aliphatic heterocycles. The van der Waals surface area contributed by atoms with E-state index < -0.39 is 29.1 Å². The maximum Gasteiger partial charge on any atom is 0.233 e. The van der Waals surface area contributed by atoms with Crippen molar-refractivity contribution in [1.82, 2.24) is 4.90 Å². The Morgan fingerprint density at radius 3 is 2.36 bits per heavy atom. The summed E-state index contributed by atoms with van der Waals surface area (Å²) < 4.78 is 5.35. The number of fused-ring (bicyclic) bond motifs is 4. The number of ether oxygens (including phenoxy) is 1. The van der Waals surface area contributed by atoms with Crippen molar-refractivity contribution in [3.05, 3.63) is 119 Å². The highest BCUT2D eigenvalue weighted by atomic mass is 16.5. The molecule has 3 aromatic rings. The van der Waals surface area contributed by atoms with E-state index in [9.17, 15) is 24.3 Å². The van der Waals surface area contributed by atoms with Crippen molar-refractivity contribution in [2.45, 2.75) is 31.6 Å². The Bertz CT molecular complexity index is 1860. The molecule has 7 nitrogen and oxygen atoms in total. The minimum absolute atomic E-state index is 0.0110. The first-order valence-electron chi connectivity index (χ1n) is 16.3. The number of carbonyl (C=O) groups is 4. The molecule has 47 heavy (non-hydrogen) atoms. The van der Waals surface area contributed by atoms with Crippen LogP contribution in [-0.2, 0) is 24.6 Å². The van der Waals surface area contributed by atoms with Gasteiger partial charge < -0.3 is 9.84 Å². The lowest BCUT2D eigenvalue weighted by molar-refractivity contribution is -0.140. The van der Waals surface area contributed by atoms with E-state index in [2.05, 4.69) is 6.08 Å². The van der Waals surface area contributed by atoms with Crippen LogP contribution in [0.5, 0.6) is 11.5 Å². The lowest BCUT2D eigenvalue weighted by Crippen LogP contribution is -2.59. The van der Waals surface area contributed by atoms with E-state index in [1.807, 2.05) is 79.7 Å². The Hall–Kier alpha value is -5.04. The van der Waals surface area contributed by atoms with E-state index in [1.54, 1.807) is 18.2 Å². The number of likely N-dealkylation sites (tertiary alicyclic amines) is 1. The molecule has 6 atom stereocenters. The van der Waals surface area contributed by atoms with Crippen LogP contribution in [0.15, 0.2) is 103 Å². The number of amides is 2. The van der Waals surface area contributed by atoms with Crippen molar-refractivity contribution in [2.24, 2.45) is 29.6 Å². The van der Waals surface area contributed by atoms with Crippen LogP contribution in [0.25, 0.3) is 11.6 Å². The molecule has 7 rings (SSSR count). The molecule has 1 saturated heterocycles. The topological polar surface area (TPSA) is 101 Å². The maximum atomic E-state index is 14.9. The number of hydrogen-bond donors (Lipinski definition) is 1. The minimum Gasteiger partial charge on any atom is -0.504 e. The van der Waals surface area contributed by atoms with Crippen molar-refractivity contribution in [3.63, 3.8) is 0 Å². The molecule has 3 aromatic carbocycles. The summed E-state index contributed by atoms with van der Waals surface area (Å²) in [6.07, 6.45) is 8.81. The molecule has 0 aromatic heterocycles. The van der Waals surface area contributed by atoms with Crippen LogP contribution in [0.2, 0.25) is 0 Å². The monoisotopic (exact) mass is 627 g/mol. The lowest BCUT2D eigenvalue weighted by atomic mass is 9.45. The van der Waals surface area contributed by atoms with Gasteiger partial charge in [0.25, 0.3) is 0 Å². The number of nitrogens with zero attached hydrogens (tertiary/aromatic N) is 1. The zero-order valence-corrected chi connectivity index (χ0v) is 26.5. The second kappa shape index (κ2) is 12.0. The van der Waals surface area contributed by atoms with Gasteiger partial charge in [0.1, 0.15) is 0 Å². The van der Waals surface area contributed by atoms with Crippen LogP contribution >= 0.6 is 0 Å². The average molecular weight is 628 g/mol. The summed E-state index contributed by atoms with van der Waals surface area (Å²) in [5, 5.41) is 10.2. The number of rotatable bonds is 7. The van der Waals surface area contributed by atoms with E-state index in [0.29, 0.717) is 36.3 Å². The van der Waals surface area contributed by atoms with Crippen molar-refractivity contribution >= 4 is 35.0 Å². The van der Waals surface area contributed by atoms with Crippen molar-refractivity contribution in [2.75, 3.05) is 13.7 Å². The lowest BCUT2D eigenvalue weighted by Gasteiger charge is -2.54. The molecule has 4 aliphatic rings. The smallest absolute Gasteiger partial charge is 0.233 e. The van der Waals surface area contributed by atoms with Crippen LogP contribution < -0.4 is 4.74 Å². The van der Waals surface area contributed by atoms with Gasteiger partial charge >= 0.3 is 0 Å². The molecule has 3 aliphatic carbocycles. The maximum absolute atomic E-state index is 14.9. The quantitative estimate of drug-likeness (QED) is 0.248. The van der Waals surface area contributed by atoms with Crippen LogP contribution in [0, 0.1) is 29.6 Å². The van der Waals surface area contributed by atoms with E-state index in [0.717, 1.165) is 16.7 Å². The van der Waals surface area contributed by atoms with Crippen molar-refractivity contribution in [3.8, 4) is 11.5 Å². The molecule has 1 N–H and O–H groups in total. The van der Waals surface area contributed by atoms with Gasteiger partial charge in [-0.25, -0.2) is 0 Å². The highest BCUT2D eigenvalue weighted by Crippen LogP contribution is 2.61. The van der Waals surface area contributed by atoms with E-state index in [1.165, 1.54) is 18.1 Å². The number of allylic oxidation sites excluding steroid dienone is 5. The predicted molar refractivity (Wildman–Crippen MR) is 178 cm³/mol. The second-order valence-electron chi connectivity index (χ2n) is 13.0. The number of hydrogen-bond acceptors (Lipinski definition) is 6. The Labute approximate surface area is 274 Å². The summed E-state index contributed by atoms with van der Waals surface area (Å²) in [4.78, 5) is 58.7. The van der Waals surface area contributed by atoms with E-state index in [-0.39, 0.29) is 41.5 Å². The fourth-order valence-electron chi connectivity index (χ4n) is 8.64. The van der Waals surface area contributed by atoms with Gasteiger partial charge in [0.05, 0.1) is 24.4 Å². The van der Waals surface area contributed by atoms with Crippen molar-refractivity contribution in [1.29, 1.82) is 0 Å². The number of aromatic hydroxyl groups is 1. The van der Waals surface area contributed by atoms with Gasteiger partial charge in [-0.2, -0.15) is 0 Å². The largest absolute Gasteiger partial charge is 0.504 e. The summed E-state index contributed by atoms with van der Waals surface area (Å²) in [5.74, 6) is -3.08. The van der Waals surface area contributed by atoms with E-state index >= 15 is 0 Å². The number of methoxy groups -OCH3 is 1. The Morgan fingerprint density at radius 1 is 0.936 bits per heavy atom. The zero-order chi connectivity index (χ0) is 32.9. The first-order chi connectivity index (χ1) is 22.8. The number of benzene rings is 3. The molecule has 1 saturated carbocycles. The average Bonchev–Trinajstić information content (AvgIpc) is 3.34. The summed E-state index contributed by atoms with van der Waals surface area (Å²) >= 11 is 0. The highest BCUT2D eigenvalue weighted by Gasteiger charge is 2.64. The normalized spacial score (nSPS) is 28.5. The summed E-state index contributed by atoms with van der Waals surface area (Å²) in [6, 6.07) is 23.8. The molecular formula is C40H37NO6. The third-order valence-electron chi connectivity index (χ3n) is 10.7. The molecule has 0 radical (unpaired) electrons. The molecule has 0 spiro atoms. The zero-order valence-electron chi connectivity index (χ0n) is 26.5. The summed E-state index contributed by atoms with van der Waals surface area (Å²) in [6.45, 7) is 2.32. The van der Waals surface area contributed by atoms with Gasteiger partial charge in [-0.3, -0.25) is 24.1 Å². The number of imide groups is 1. The van der Waals surface area contributed by atoms with Gasteiger partial charge in [0.2, 0.25) is 11.8 Å². The van der Waals surface area contributed by atoms with Crippen molar-refractivity contribution < 1.29 is 29.0 Å². The first kappa shape index (κ1) is 30.6. The standard InChI is InChI=1S/C40H37NO6/c1-3-20-41-38(45)28-17-16-27-30(36(28)39(41)46)22-32-37(44)29(25-10-6-4-7-11-25)23-35(43)40(32,26-12-8-5-9-13-26)31(27)18-14-24-15-19-33(42)34(21-24)47-2/h4-16,18-19,21,23,28,30-32,36,42H,3,17,20,22H2,1-2H3. The summed E-state index contributed by atoms with van der Waals surface area (Å²) in [7, 11) is 1.48. The number of carbonyl (C=O) groups excluding carboxylic acids is 4. The van der Waals surface area contributed by atoms with Gasteiger partial charge in [0.15, 0.2) is 23.1 Å². The summed E-state index contributed by atoms with van der Waals surface area (Å²) in [5.41, 5.74) is 2.20. The molecule has 238 valence electrons. The Kier molecular flexibility index (Phi) is 7.79. The molecular weight excluding hydrogens is 590 g/mol. The number of ketones is 2. The van der Waals surface area contributed by atoms with Gasteiger partial charge in [-0.15, -0.1) is 0 Å².